The SMILES string of the molecule is COc1cccc(COc2cccc(/C(O)=C/C(=O)C(C)=O)c2)c1. The van der Waals surface area contributed by atoms with Gasteiger partial charge in [-0.2, -0.15) is 0 Å². The fourth-order valence-electron chi connectivity index (χ4n) is 1.98. The summed E-state index contributed by atoms with van der Waals surface area (Å²) in [6.07, 6.45) is 0.906. The van der Waals surface area contributed by atoms with Gasteiger partial charge in [-0.3, -0.25) is 9.59 Å². The Morgan fingerprint density at radius 1 is 1.08 bits per heavy atom. The molecule has 0 bridgehead atoms. The Hall–Kier alpha value is -3.08. The zero-order valence-electron chi connectivity index (χ0n) is 13.5. The molecular formula is C19H18O5. The molecule has 24 heavy (non-hydrogen) atoms. The minimum Gasteiger partial charge on any atom is -0.507 e. The van der Waals surface area contributed by atoms with Gasteiger partial charge in [-0.15, -0.1) is 0 Å². The van der Waals surface area contributed by atoms with Crippen molar-refractivity contribution in [2.45, 2.75) is 13.5 Å². The molecule has 2 aromatic rings. The van der Waals surface area contributed by atoms with Gasteiger partial charge in [-0.05, 0) is 29.8 Å². The number of allylic oxidation sites excluding steroid dienone is 1. The Labute approximate surface area is 140 Å². The van der Waals surface area contributed by atoms with E-state index in [9.17, 15) is 14.7 Å². The average Bonchev–Trinajstić information content (AvgIpc) is 2.60. The first-order valence-corrected chi connectivity index (χ1v) is 7.31. The van der Waals surface area contributed by atoms with Gasteiger partial charge in [0.15, 0.2) is 5.78 Å². The molecule has 0 saturated carbocycles. The van der Waals surface area contributed by atoms with Crippen molar-refractivity contribution in [2.75, 3.05) is 7.11 Å². The molecule has 1 N–H and O–H groups in total. The van der Waals surface area contributed by atoms with E-state index in [0.29, 0.717) is 17.9 Å². The van der Waals surface area contributed by atoms with E-state index in [1.54, 1.807) is 31.4 Å². The minimum atomic E-state index is -0.754. The largest absolute Gasteiger partial charge is 0.507 e. The van der Waals surface area contributed by atoms with E-state index in [4.69, 9.17) is 9.47 Å². The number of aliphatic hydroxyl groups excluding tert-OH is 1. The summed E-state index contributed by atoms with van der Waals surface area (Å²) in [6, 6.07) is 14.1. The van der Waals surface area contributed by atoms with Crippen LogP contribution in [0.2, 0.25) is 0 Å². The Balaban J connectivity index is 2.10. The number of Topliss-reactive ketones (excluding diaryl/α,β-unsaturated/α-hetero) is 1. The van der Waals surface area contributed by atoms with Crippen LogP contribution in [-0.2, 0) is 16.2 Å². The summed E-state index contributed by atoms with van der Waals surface area (Å²) in [5.41, 5.74) is 1.33. The predicted molar refractivity (Wildman–Crippen MR) is 90.1 cm³/mol. The zero-order chi connectivity index (χ0) is 17.5. The first-order valence-electron chi connectivity index (χ1n) is 7.31. The topological polar surface area (TPSA) is 72.8 Å². The second-order valence-electron chi connectivity index (χ2n) is 5.12. The van der Waals surface area contributed by atoms with E-state index >= 15 is 0 Å². The van der Waals surface area contributed by atoms with E-state index in [1.165, 1.54) is 0 Å². The third kappa shape index (κ3) is 4.71. The summed E-state index contributed by atoms with van der Waals surface area (Å²) in [4.78, 5) is 22.3. The van der Waals surface area contributed by atoms with Crippen molar-refractivity contribution in [1.29, 1.82) is 0 Å². The normalized spacial score (nSPS) is 11.0. The van der Waals surface area contributed by atoms with Crippen LogP contribution in [0, 0.1) is 0 Å². The van der Waals surface area contributed by atoms with E-state index in [1.807, 2.05) is 24.3 Å². The van der Waals surface area contributed by atoms with Gasteiger partial charge in [0.25, 0.3) is 0 Å². The Morgan fingerprint density at radius 2 is 1.79 bits per heavy atom. The Morgan fingerprint density at radius 3 is 2.50 bits per heavy atom. The maximum atomic E-state index is 11.4. The molecule has 124 valence electrons. The maximum Gasteiger partial charge on any atom is 0.224 e. The monoisotopic (exact) mass is 326 g/mol. The number of hydrogen-bond donors (Lipinski definition) is 1. The van der Waals surface area contributed by atoms with E-state index in [2.05, 4.69) is 0 Å². The molecule has 0 atom stereocenters. The van der Waals surface area contributed by atoms with Gasteiger partial charge in [0, 0.05) is 18.6 Å². The standard InChI is InChI=1S/C19H18O5/c1-13(20)18(21)11-19(22)15-6-4-8-17(10-15)24-12-14-5-3-7-16(9-14)23-2/h3-11,22H,12H2,1-2H3/b19-11-. The van der Waals surface area contributed by atoms with Crippen LogP contribution in [0.1, 0.15) is 18.1 Å². The highest BCUT2D eigenvalue weighted by molar-refractivity contribution is 6.41. The summed E-state index contributed by atoms with van der Waals surface area (Å²) in [7, 11) is 1.60. The smallest absolute Gasteiger partial charge is 0.224 e. The van der Waals surface area contributed by atoms with E-state index in [-0.39, 0.29) is 5.76 Å². The number of methoxy groups -OCH3 is 1. The summed E-state index contributed by atoms with van der Waals surface area (Å²) in [5.74, 6) is -0.386. The number of rotatable bonds is 7. The molecule has 0 fully saturated rings. The molecule has 0 aliphatic heterocycles. The lowest BCUT2D eigenvalue weighted by atomic mass is 10.1. The fourth-order valence-corrected chi connectivity index (χ4v) is 1.98. The van der Waals surface area contributed by atoms with Crippen molar-refractivity contribution in [3.8, 4) is 11.5 Å². The first kappa shape index (κ1) is 17.3. The summed E-state index contributed by atoms with van der Waals surface area (Å²) in [5, 5.41) is 9.93. The molecule has 5 heteroatoms. The molecule has 0 aliphatic carbocycles. The van der Waals surface area contributed by atoms with Crippen molar-refractivity contribution in [3.05, 3.63) is 65.7 Å². The van der Waals surface area contributed by atoms with Gasteiger partial charge in [0.1, 0.15) is 23.9 Å². The van der Waals surface area contributed by atoms with E-state index < -0.39 is 11.6 Å². The quantitative estimate of drug-likeness (QED) is 0.480. The van der Waals surface area contributed by atoms with Crippen LogP contribution >= 0.6 is 0 Å². The molecule has 5 nitrogen and oxygen atoms in total. The van der Waals surface area contributed by atoms with Crippen LogP contribution in [0.5, 0.6) is 11.5 Å². The number of ether oxygens (including phenoxy) is 2. The molecule has 0 heterocycles. The molecule has 0 spiro atoms. The van der Waals surface area contributed by atoms with Crippen LogP contribution in [0.4, 0.5) is 0 Å². The number of carbonyl (C=O) groups is 2. The maximum absolute atomic E-state index is 11.4. The van der Waals surface area contributed by atoms with Crippen LogP contribution < -0.4 is 9.47 Å². The highest BCUT2D eigenvalue weighted by atomic mass is 16.5. The van der Waals surface area contributed by atoms with Crippen LogP contribution in [0.25, 0.3) is 5.76 Å². The third-order valence-electron chi connectivity index (χ3n) is 3.28. The average molecular weight is 326 g/mol. The summed E-state index contributed by atoms with van der Waals surface area (Å²) < 4.78 is 10.8. The van der Waals surface area contributed by atoms with Crippen molar-refractivity contribution >= 4 is 17.3 Å². The first-order chi connectivity index (χ1) is 11.5. The molecule has 2 aromatic carbocycles. The van der Waals surface area contributed by atoms with Crippen molar-refractivity contribution in [1.82, 2.24) is 0 Å². The van der Waals surface area contributed by atoms with Gasteiger partial charge in [0.05, 0.1) is 7.11 Å². The molecule has 0 aliphatic rings. The lowest BCUT2D eigenvalue weighted by Gasteiger charge is -2.09. The fraction of sp³-hybridized carbons (Fsp3) is 0.158. The number of benzene rings is 2. The minimum absolute atomic E-state index is 0.276. The van der Waals surface area contributed by atoms with Crippen molar-refractivity contribution in [2.24, 2.45) is 0 Å². The van der Waals surface area contributed by atoms with Crippen molar-refractivity contribution in [3.63, 3.8) is 0 Å². The zero-order valence-corrected chi connectivity index (χ0v) is 13.5. The van der Waals surface area contributed by atoms with Crippen LogP contribution in [0.15, 0.2) is 54.6 Å². The van der Waals surface area contributed by atoms with Gasteiger partial charge >= 0.3 is 0 Å². The third-order valence-corrected chi connectivity index (χ3v) is 3.28. The van der Waals surface area contributed by atoms with Gasteiger partial charge < -0.3 is 14.6 Å². The predicted octanol–water partition coefficient (Wildman–Crippen LogP) is 3.33. The summed E-state index contributed by atoms with van der Waals surface area (Å²) >= 11 is 0. The number of hydrogen-bond acceptors (Lipinski definition) is 5. The lowest BCUT2D eigenvalue weighted by molar-refractivity contribution is -0.132. The van der Waals surface area contributed by atoms with E-state index in [0.717, 1.165) is 24.3 Å². The van der Waals surface area contributed by atoms with Crippen LogP contribution in [-0.4, -0.2) is 23.8 Å². The van der Waals surface area contributed by atoms with Crippen LogP contribution in [0.3, 0.4) is 0 Å². The lowest BCUT2D eigenvalue weighted by Crippen LogP contribution is -2.06. The second kappa shape index (κ2) is 7.97. The molecule has 0 saturated heterocycles. The number of carbonyl (C=O) groups excluding carboxylic acids is 2. The molecule has 0 unspecified atom stereocenters. The Bertz CT molecular complexity index is 777. The van der Waals surface area contributed by atoms with Gasteiger partial charge in [-0.25, -0.2) is 0 Å². The van der Waals surface area contributed by atoms with Crippen molar-refractivity contribution < 1.29 is 24.2 Å². The highest BCUT2D eigenvalue weighted by Crippen LogP contribution is 2.20. The molecule has 0 amide bonds. The van der Waals surface area contributed by atoms with Gasteiger partial charge in [-0.1, -0.05) is 24.3 Å². The molecule has 2 rings (SSSR count). The summed E-state index contributed by atoms with van der Waals surface area (Å²) in [6.45, 7) is 1.48. The molecule has 0 radical (unpaired) electrons. The van der Waals surface area contributed by atoms with Gasteiger partial charge in [0.2, 0.25) is 5.78 Å². The second-order valence-corrected chi connectivity index (χ2v) is 5.12. The number of ketones is 2. The molecular weight excluding hydrogens is 308 g/mol. The highest BCUT2D eigenvalue weighted by Gasteiger charge is 2.08. The molecule has 0 aromatic heterocycles. The number of aliphatic hydroxyl groups is 1. The Kier molecular flexibility index (Phi) is 5.73.